The van der Waals surface area contributed by atoms with Gasteiger partial charge in [-0.05, 0) is 30.7 Å². The van der Waals surface area contributed by atoms with E-state index in [2.05, 4.69) is 20.6 Å². The van der Waals surface area contributed by atoms with Crippen LogP contribution >= 0.6 is 0 Å². The Morgan fingerprint density at radius 3 is 3.05 bits per heavy atom. The molecule has 0 saturated heterocycles. The first-order valence-corrected chi connectivity index (χ1v) is 6.36. The molecule has 1 atom stereocenters. The number of carbonyl (C=O) groups excluding carboxylic acids is 2. The summed E-state index contributed by atoms with van der Waals surface area (Å²) in [7, 11) is 0. The number of aromatic amines is 1. The molecule has 0 bridgehead atoms. The highest BCUT2D eigenvalue weighted by molar-refractivity contribution is 6.01. The van der Waals surface area contributed by atoms with Crippen LogP contribution in [-0.2, 0) is 11.2 Å². The molecule has 3 rings (SSSR count). The van der Waals surface area contributed by atoms with Crippen molar-refractivity contribution in [3.63, 3.8) is 0 Å². The van der Waals surface area contributed by atoms with Gasteiger partial charge in [-0.15, -0.1) is 0 Å². The lowest BCUT2D eigenvalue weighted by molar-refractivity contribution is -0.115. The number of H-pyrrole nitrogens is 1. The summed E-state index contributed by atoms with van der Waals surface area (Å²) in [4.78, 5) is 30.5. The van der Waals surface area contributed by atoms with Crippen molar-refractivity contribution >= 4 is 17.5 Å². The van der Waals surface area contributed by atoms with Crippen molar-refractivity contribution in [3.05, 3.63) is 47.5 Å². The number of benzene rings is 1. The van der Waals surface area contributed by atoms with E-state index in [9.17, 15) is 9.59 Å². The van der Waals surface area contributed by atoms with Crippen LogP contribution in [0, 0.1) is 0 Å². The molecule has 0 radical (unpaired) electrons. The zero-order valence-corrected chi connectivity index (χ0v) is 10.9. The summed E-state index contributed by atoms with van der Waals surface area (Å²) in [6.07, 6.45) is 3.68. The molecule has 6 nitrogen and oxygen atoms in total. The fraction of sp³-hybridized carbons (Fsp3) is 0.214. The number of nitrogens with one attached hydrogen (secondary N) is 3. The van der Waals surface area contributed by atoms with Crippen LogP contribution < -0.4 is 10.6 Å². The molecule has 0 saturated carbocycles. The van der Waals surface area contributed by atoms with Crippen LogP contribution in [0.3, 0.4) is 0 Å². The molecular weight excluding hydrogens is 256 g/mol. The Morgan fingerprint density at radius 1 is 1.45 bits per heavy atom. The second kappa shape index (κ2) is 4.80. The maximum atomic E-state index is 12.2. The van der Waals surface area contributed by atoms with Gasteiger partial charge in [0.15, 0.2) is 0 Å². The fourth-order valence-electron chi connectivity index (χ4n) is 2.23. The van der Waals surface area contributed by atoms with Gasteiger partial charge in [0.2, 0.25) is 5.91 Å². The van der Waals surface area contributed by atoms with E-state index in [0.29, 0.717) is 17.8 Å². The number of rotatable bonds is 3. The van der Waals surface area contributed by atoms with Gasteiger partial charge < -0.3 is 15.6 Å². The molecule has 6 heteroatoms. The van der Waals surface area contributed by atoms with Gasteiger partial charge in [0.25, 0.3) is 5.91 Å². The number of imidazole rings is 1. The number of nitrogens with zero attached hydrogens (tertiary/aromatic N) is 1. The zero-order valence-electron chi connectivity index (χ0n) is 10.9. The Labute approximate surface area is 115 Å². The lowest BCUT2D eigenvalue weighted by Gasteiger charge is -2.12. The second-order valence-corrected chi connectivity index (χ2v) is 4.77. The molecule has 0 aliphatic carbocycles. The minimum atomic E-state index is -0.203. The standard InChI is InChI=1S/C14H14N4O2/c1-8(13-15-4-5-16-13)17-14(20)9-2-3-11-10(6-9)7-12(19)18-11/h2-6,8H,7H2,1H3,(H,15,16)(H,17,20)(H,18,19). The molecule has 2 amide bonds. The van der Waals surface area contributed by atoms with Gasteiger partial charge in [0.1, 0.15) is 5.82 Å². The van der Waals surface area contributed by atoms with Crippen molar-refractivity contribution in [1.82, 2.24) is 15.3 Å². The first-order chi connectivity index (χ1) is 9.63. The number of anilines is 1. The number of carbonyl (C=O) groups is 2. The van der Waals surface area contributed by atoms with Gasteiger partial charge in [-0.2, -0.15) is 0 Å². The number of hydrogen-bond donors (Lipinski definition) is 3. The molecule has 1 aliphatic heterocycles. The van der Waals surface area contributed by atoms with Crippen LogP contribution in [0.25, 0.3) is 0 Å². The Bertz CT molecular complexity index is 664. The minimum absolute atomic E-state index is 0.0403. The van der Waals surface area contributed by atoms with Gasteiger partial charge in [-0.1, -0.05) is 0 Å². The van der Waals surface area contributed by atoms with Gasteiger partial charge in [-0.3, -0.25) is 9.59 Å². The molecule has 1 aromatic carbocycles. The Hall–Kier alpha value is -2.63. The van der Waals surface area contributed by atoms with E-state index < -0.39 is 0 Å². The van der Waals surface area contributed by atoms with Crippen molar-refractivity contribution in [2.45, 2.75) is 19.4 Å². The molecule has 1 aromatic heterocycles. The van der Waals surface area contributed by atoms with E-state index >= 15 is 0 Å². The quantitative estimate of drug-likeness (QED) is 0.787. The minimum Gasteiger partial charge on any atom is -0.347 e. The third kappa shape index (κ3) is 2.27. The van der Waals surface area contributed by atoms with Crippen LogP contribution in [0.2, 0.25) is 0 Å². The Balaban J connectivity index is 1.75. The van der Waals surface area contributed by atoms with Crippen molar-refractivity contribution in [3.8, 4) is 0 Å². The van der Waals surface area contributed by atoms with E-state index in [4.69, 9.17) is 0 Å². The van der Waals surface area contributed by atoms with Gasteiger partial charge in [0, 0.05) is 23.6 Å². The topological polar surface area (TPSA) is 86.9 Å². The summed E-state index contributed by atoms with van der Waals surface area (Å²) in [5.41, 5.74) is 2.18. The van der Waals surface area contributed by atoms with E-state index in [-0.39, 0.29) is 17.9 Å². The maximum Gasteiger partial charge on any atom is 0.251 e. The molecule has 102 valence electrons. The average molecular weight is 270 g/mol. The summed E-state index contributed by atoms with van der Waals surface area (Å²) < 4.78 is 0. The molecule has 1 unspecified atom stereocenters. The molecular formula is C14H14N4O2. The molecule has 0 fully saturated rings. The van der Waals surface area contributed by atoms with Crippen LogP contribution in [0.15, 0.2) is 30.6 Å². The largest absolute Gasteiger partial charge is 0.347 e. The highest BCUT2D eigenvalue weighted by atomic mass is 16.2. The third-order valence-corrected chi connectivity index (χ3v) is 3.27. The summed E-state index contributed by atoms with van der Waals surface area (Å²) >= 11 is 0. The van der Waals surface area contributed by atoms with Gasteiger partial charge in [0.05, 0.1) is 12.5 Å². The lowest BCUT2D eigenvalue weighted by Crippen LogP contribution is -2.27. The zero-order chi connectivity index (χ0) is 14.1. The second-order valence-electron chi connectivity index (χ2n) is 4.77. The third-order valence-electron chi connectivity index (χ3n) is 3.27. The Morgan fingerprint density at radius 2 is 2.30 bits per heavy atom. The highest BCUT2D eigenvalue weighted by Crippen LogP contribution is 2.24. The lowest BCUT2D eigenvalue weighted by atomic mass is 10.1. The van der Waals surface area contributed by atoms with Crippen LogP contribution in [0.4, 0.5) is 5.69 Å². The summed E-state index contributed by atoms with van der Waals surface area (Å²) in [5.74, 6) is 0.480. The molecule has 1 aliphatic rings. The summed E-state index contributed by atoms with van der Waals surface area (Å²) in [6.45, 7) is 1.86. The van der Waals surface area contributed by atoms with Gasteiger partial charge in [-0.25, -0.2) is 4.98 Å². The number of hydrogen-bond acceptors (Lipinski definition) is 3. The normalized spacial score (nSPS) is 14.6. The summed E-state index contributed by atoms with van der Waals surface area (Å²) in [5, 5.41) is 5.60. The van der Waals surface area contributed by atoms with E-state index in [0.717, 1.165) is 11.3 Å². The van der Waals surface area contributed by atoms with Crippen molar-refractivity contribution < 1.29 is 9.59 Å². The first kappa shape index (κ1) is 12.4. The van der Waals surface area contributed by atoms with Gasteiger partial charge >= 0.3 is 0 Å². The number of aromatic nitrogens is 2. The first-order valence-electron chi connectivity index (χ1n) is 6.36. The fourth-order valence-corrected chi connectivity index (χ4v) is 2.23. The van der Waals surface area contributed by atoms with E-state index in [1.807, 2.05) is 6.92 Å². The van der Waals surface area contributed by atoms with Crippen LogP contribution in [0.1, 0.15) is 34.7 Å². The van der Waals surface area contributed by atoms with Crippen molar-refractivity contribution in [1.29, 1.82) is 0 Å². The molecule has 0 spiro atoms. The van der Waals surface area contributed by atoms with Crippen LogP contribution in [0.5, 0.6) is 0 Å². The van der Waals surface area contributed by atoms with Crippen molar-refractivity contribution in [2.75, 3.05) is 5.32 Å². The predicted octanol–water partition coefficient (Wildman–Crippen LogP) is 1.40. The van der Waals surface area contributed by atoms with Crippen molar-refractivity contribution in [2.24, 2.45) is 0 Å². The SMILES string of the molecule is CC(NC(=O)c1ccc2c(c1)CC(=O)N2)c1ncc[nH]1. The molecule has 2 heterocycles. The van der Waals surface area contributed by atoms with E-state index in [1.54, 1.807) is 30.6 Å². The molecule has 2 aromatic rings. The predicted molar refractivity (Wildman–Crippen MR) is 73.2 cm³/mol. The summed E-state index contributed by atoms with van der Waals surface area (Å²) in [6, 6.07) is 5.00. The van der Waals surface area contributed by atoms with E-state index in [1.165, 1.54) is 0 Å². The molecule has 3 N–H and O–H groups in total. The Kier molecular flexibility index (Phi) is 2.98. The maximum absolute atomic E-state index is 12.2. The number of fused-ring (bicyclic) bond motifs is 1. The average Bonchev–Trinajstić information content (AvgIpc) is 3.05. The molecule has 20 heavy (non-hydrogen) atoms. The van der Waals surface area contributed by atoms with Crippen LogP contribution in [-0.4, -0.2) is 21.8 Å². The smallest absolute Gasteiger partial charge is 0.251 e. The highest BCUT2D eigenvalue weighted by Gasteiger charge is 2.20. The number of amides is 2. The monoisotopic (exact) mass is 270 g/mol.